The summed E-state index contributed by atoms with van der Waals surface area (Å²) in [6.07, 6.45) is 2.71. The summed E-state index contributed by atoms with van der Waals surface area (Å²) in [5.41, 5.74) is 0.678. The Kier molecular flexibility index (Phi) is 5.18. The summed E-state index contributed by atoms with van der Waals surface area (Å²) in [4.78, 5) is 4.83. The first-order chi connectivity index (χ1) is 8.78. The Morgan fingerprint density at radius 1 is 1.39 bits per heavy atom. The Balaban J connectivity index is 1.72. The molecule has 0 bridgehead atoms. The Labute approximate surface area is 110 Å². The third-order valence-electron chi connectivity index (χ3n) is 3.62. The van der Waals surface area contributed by atoms with Crippen molar-refractivity contribution in [1.29, 1.82) is 5.26 Å². The fraction of sp³-hybridized carbons (Fsp3) is 0.786. The molecule has 0 aromatic heterocycles. The van der Waals surface area contributed by atoms with Gasteiger partial charge in [-0.25, -0.2) is 0 Å². The highest BCUT2D eigenvalue weighted by atomic mass is 16.5. The molecule has 4 heteroatoms. The smallest absolute Gasteiger partial charge is 0.0954 e. The lowest BCUT2D eigenvalue weighted by molar-refractivity contribution is 0.0336. The van der Waals surface area contributed by atoms with Crippen molar-refractivity contribution in [2.45, 2.75) is 12.8 Å². The Morgan fingerprint density at radius 3 is 2.72 bits per heavy atom. The SMILES string of the molecule is C=C(C#N)CN(CCN1CCOCC1)CC1CC1. The molecule has 0 aromatic carbocycles. The van der Waals surface area contributed by atoms with Gasteiger partial charge in [-0.15, -0.1) is 0 Å². The maximum Gasteiger partial charge on any atom is 0.0954 e. The standard InChI is InChI=1S/C14H23N3O/c1-13(10-15)11-17(12-14-2-3-14)5-4-16-6-8-18-9-7-16/h14H,1-9,11-12H2. The molecule has 1 aliphatic carbocycles. The molecule has 2 aliphatic rings. The van der Waals surface area contributed by atoms with E-state index in [1.165, 1.54) is 12.8 Å². The minimum atomic E-state index is 0.678. The van der Waals surface area contributed by atoms with Crippen LogP contribution in [0, 0.1) is 17.2 Å². The number of ether oxygens (including phenoxy) is 1. The van der Waals surface area contributed by atoms with Crippen LogP contribution in [0.25, 0.3) is 0 Å². The maximum atomic E-state index is 8.85. The molecule has 0 unspecified atom stereocenters. The zero-order chi connectivity index (χ0) is 12.8. The van der Waals surface area contributed by atoms with Crippen LogP contribution in [0.2, 0.25) is 0 Å². The van der Waals surface area contributed by atoms with E-state index in [4.69, 9.17) is 10.00 Å². The van der Waals surface area contributed by atoms with E-state index in [2.05, 4.69) is 22.4 Å². The lowest BCUT2D eigenvalue weighted by atomic mass is 10.2. The van der Waals surface area contributed by atoms with Crippen molar-refractivity contribution in [3.05, 3.63) is 12.2 Å². The van der Waals surface area contributed by atoms with Gasteiger partial charge in [0, 0.05) is 44.8 Å². The van der Waals surface area contributed by atoms with Crippen molar-refractivity contribution in [2.24, 2.45) is 5.92 Å². The molecule has 100 valence electrons. The average Bonchev–Trinajstić information content (AvgIpc) is 3.21. The number of nitriles is 1. The van der Waals surface area contributed by atoms with Crippen molar-refractivity contribution in [3.8, 4) is 6.07 Å². The first-order valence-corrected chi connectivity index (χ1v) is 6.88. The van der Waals surface area contributed by atoms with Gasteiger partial charge >= 0.3 is 0 Å². The van der Waals surface area contributed by atoms with Gasteiger partial charge in [0.25, 0.3) is 0 Å². The molecule has 0 atom stereocenters. The molecule has 1 saturated heterocycles. The van der Waals surface area contributed by atoms with Gasteiger partial charge in [-0.2, -0.15) is 5.26 Å². The van der Waals surface area contributed by atoms with Crippen LogP contribution in [-0.4, -0.2) is 62.3 Å². The monoisotopic (exact) mass is 249 g/mol. The summed E-state index contributed by atoms with van der Waals surface area (Å²) in [6, 6.07) is 2.16. The normalized spacial score (nSPS) is 20.9. The van der Waals surface area contributed by atoms with E-state index in [1.807, 2.05) is 0 Å². The van der Waals surface area contributed by atoms with E-state index < -0.39 is 0 Å². The molecule has 4 nitrogen and oxygen atoms in total. The molecular formula is C14H23N3O. The molecule has 1 saturated carbocycles. The fourth-order valence-corrected chi connectivity index (χ4v) is 2.31. The summed E-state index contributed by atoms with van der Waals surface area (Å²) in [7, 11) is 0. The number of hydrogen-bond donors (Lipinski definition) is 0. The minimum Gasteiger partial charge on any atom is -0.379 e. The highest BCUT2D eigenvalue weighted by Crippen LogP contribution is 2.29. The zero-order valence-corrected chi connectivity index (χ0v) is 11.1. The van der Waals surface area contributed by atoms with Gasteiger partial charge in [-0.3, -0.25) is 9.80 Å². The molecular weight excluding hydrogens is 226 g/mol. The lowest BCUT2D eigenvalue weighted by Gasteiger charge is -2.30. The van der Waals surface area contributed by atoms with E-state index >= 15 is 0 Å². The molecule has 1 heterocycles. The molecule has 18 heavy (non-hydrogen) atoms. The van der Waals surface area contributed by atoms with Gasteiger partial charge < -0.3 is 4.74 Å². The number of hydrogen-bond acceptors (Lipinski definition) is 4. The molecule has 2 rings (SSSR count). The third-order valence-corrected chi connectivity index (χ3v) is 3.62. The summed E-state index contributed by atoms with van der Waals surface area (Å²) in [5.74, 6) is 0.862. The van der Waals surface area contributed by atoms with Gasteiger partial charge in [-0.05, 0) is 18.8 Å². The third kappa shape index (κ3) is 4.77. The van der Waals surface area contributed by atoms with E-state index in [1.54, 1.807) is 0 Å². The van der Waals surface area contributed by atoms with E-state index in [-0.39, 0.29) is 0 Å². The molecule has 0 spiro atoms. The number of rotatable bonds is 7. The molecule has 0 aromatic rings. The topological polar surface area (TPSA) is 39.5 Å². The Morgan fingerprint density at radius 2 is 2.11 bits per heavy atom. The molecule has 2 fully saturated rings. The number of nitrogens with zero attached hydrogens (tertiary/aromatic N) is 3. The summed E-state index contributed by atoms with van der Waals surface area (Å²) in [5, 5.41) is 8.85. The van der Waals surface area contributed by atoms with Crippen LogP contribution in [0.1, 0.15) is 12.8 Å². The van der Waals surface area contributed by atoms with Crippen molar-refractivity contribution in [2.75, 3.05) is 52.5 Å². The first kappa shape index (κ1) is 13.5. The van der Waals surface area contributed by atoms with Crippen molar-refractivity contribution in [1.82, 2.24) is 9.80 Å². The van der Waals surface area contributed by atoms with Gasteiger partial charge in [0.2, 0.25) is 0 Å². The second kappa shape index (κ2) is 6.89. The van der Waals surface area contributed by atoms with Crippen molar-refractivity contribution >= 4 is 0 Å². The van der Waals surface area contributed by atoms with E-state index in [0.717, 1.165) is 58.4 Å². The van der Waals surface area contributed by atoms with Crippen LogP contribution >= 0.6 is 0 Å². The van der Waals surface area contributed by atoms with Crippen LogP contribution in [0.4, 0.5) is 0 Å². The summed E-state index contributed by atoms with van der Waals surface area (Å²) < 4.78 is 5.35. The quantitative estimate of drug-likeness (QED) is 0.634. The predicted molar refractivity (Wildman–Crippen MR) is 71.2 cm³/mol. The summed E-state index contributed by atoms with van der Waals surface area (Å²) in [6.45, 7) is 11.6. The number of morpholine rings is 1. The maximum absolute atomic E-state index is 8.85. The molecule has 0 amide bonds. The van der Waals surface area contributed by atoms with Gasteiger partial charge in [0.1, 0.15) is 0 Å². The average molecular weight is 249 g/mol. The Hall–Kier alpha value is -0.890. The second-order valence-corrected chi connectivity index (χ2v) is 5.35. The minimum absolute atomic E-state index is 0.678. The highest BCUT2D eigenvalue weighted by Gasteiger charge is 2.24. The van der Waals surface area contributed by atoms with Crippen LogP contribution in [-0.2, 0) is 4.74 Å². The Bertz CT molecular complexity index is 313. The van der Waals surface area contributed by atoms with E-state index in [9.17, 15) is 0 Å². The predicted octanol–water partition coefficient (Wildman–Crippen LogP) is 1.11. The van der Waals surface area contributed by atoms with Gasteiger partial charge in [-0.1, -0.05) is 6.58 Å². The molecule has 1 aliphatic heterocycles. The summed E-state index contributed by atoms with van der Waals surface area (Å²) >= 11 is 0. The van der Waals surface area contributed by atoms with Crippen LogP contribution in [0.3, 0.4) is 0 Å². The zero-order valence-electron chi connectivity index (χ0n) is 11.1. The van der Waals surface area contributed by atoms with Crippen LogP contribution in [0.15, 0.2) is 12.2 Å². The fourth-order valence-electron chi connectivity index (χ4n) is 2.31. The first-order valence-electron chi connectivity index (χ1n) is 6.88. The molecule has 0 N–H and O–H groups in total. The van der Waals surface area contributed by atoms with Gasteiger partial charge in [0.05, 0.1) is 19.3 Å². The second-order valence-electron chi connectivity index (χ2n) is 5.35. The van der Waals surface area contributed by atoms with Crippen LogP contribution in [0.5, 0.6) is 0 Å². The van der Waals surface area contributed by atoms with Gasteiger partial charge in [0.15, 0.2) is 0 Å². The van der Waals surface area contributed by atoms with E-state index in [0.29, 0.717) is 5.57 Å². The van der Waals surface area contributed by atoms with Crippen molar-refractivity contribution in [3.63, 3.8) is 0 Å². The lowest BCUT2D eigenvalue weighted by Crippen LogP contribution is -2.42. The van der Waals surface area contributed by atoms with Crippen molar-refractivity contribution < 1.29 is 4.74 Å². The molecule has 0 radical (unpaired) electrons. The largest absolute Gasteiger partial charge is 0.379 e. The highest BCUT2D eigenvalue weighted by molar-refractivity contribution is 5.17. The van der Waals surface area contributed by atoms with Crippen LogP contribution < -0.4 is 0 Å².